The van der Waals surface area contributed by atoms with Crippen molar-refractivity contribution < 1.29 is 4.79 Å². The van der Waals surface area contributed by atoms with Crippen LogP contribution < -0.4 is 10.2 Å². The van der Waals surface area contributed by atoms with Crippen molar-refractivity contribution in [2.45, 2.75) is 19.8 Å². The zero-order valence-corrected chi connectivity index (χ0v) is 15.5. The Hall–Kier alpha value is -1.20. The first kappa shape index (κ1) is 17.6. The molecule has 0 aliphatic carbocycles. The van der Waals surface area contributed by atoms with E-state index in [2.05, 4.69) is 46.3 Å². The number of nitrogens with one attached hydrogen (secondary N) is 1. The van der Waals surface area contributed by atoms with Gasteiger partial charge in [-0.3, -0.25) is 9.69 Å². The highest BCUT2D eigenvalue weighted by atomic mass is 32.2. The van der Waals surface area contributed by atoms with Crippen molar-refractivity contribution in [3.05, 3.63) is 29.8 Å². The first-order chi connectivity index (χ1) is 11.7. The third kappa shape index (κ3) is 5.15. The van der Waals surface area contributed by atoms with Crippen molar-refractivity contribution in [1.29, 1.82) is 0 Å². The lowest BCUT2D eigenvalue weighted by Crippen LogP contribution is -2.47. The molecule has 2 aliphatic heterocycles. The minimum atomic E-state index is 0.216. The maximum Gasteiger partial charge on any atom is 0.221 e. The summed E-state index contributed by atoms with van der Waals surface area (Å²) in [6.45, 7) is 8.07. The summed E-state index contributed by atoms with van der Waals surface area (Å²) >= 11 is 2.00. The number of carbonyl (C=O) groups is 1. The van der Waals surface area contributed by atoms with Gasteiger partial charge >= 0.3 is 0 Å². The van der Waals surface area contributed by atoms with Crippen LogP contribution in [-0.2, 0) is 4.79 Å². The Morgan fingerprint density at radius 2 is 2.12 bits per heavy atom. The standard InChI is InChI=1S/C19H29N3OS/c1-16-3-2-4-18(13-16)22-10-8-21(9-11-22)7-5-19(23)20-14-17-6-12-24-15-17/h2-4,13,17H,5-12,14-15H2,1H3,(H,20,23). The largest absolute Gasteiger partial charge is 0.369 e. The third-order valence-corrected chi connectivity index (χ3v) is 6.24. The quantitative estimate of drug-likeness (QED) is 0.857. The molecule has 1 N–H and O–H groups in total. The van der Waals surface area contributed by atoms with Crippen LogP contribution in [0.1, 0.15) is 18.4 Å². The summed E-state index contributed by atoms with van der Waals surface area (Å²) in [5.41, 5.74) is 2.63. The Bertz CT molecular complexity index is 537. The number of aryl methyl sites for hydroxylation is 1. The Morgan fingerprint density at radius 1 is 1.29 bits per heavy atom. The predicted molar refractivity (Wildman–Crippen MR) is 103 cm³/mol. The van der Waals surface area contributed by atoms with E-state index >= 15 is 0 Å². The molecule has 5 heteroatoms. The van der Waals surface area contributed by atoms with Crippen LogP contribution in [-0.4, -0.2) is 61.6 Å². The molecule has 4 nitrogen and oxygen atoms in total. The summed E-state index contributed by atoms with van der Waals surface area (Å²) in [5, 5.41) is 3.12. The summed E-state index contributed by atoms with van der Waals surface area (Å²) < 4.78 is 0. The van der Waals surface area contributed by atoms with E-state index in [9.17, 15) is 4.79 Å². The molecule has 1 aromatic rings. The van der Waals surface area contributed by atoms with Gasteiger partial charge in [0, 0.05) is 51.4 Å². The number of amides is 1. The second-order valence-electron chi connectivity index (χ2n) is 6.95. The van der Waals surface area contributed by atoms with Crippen LogP contribution in [0.3, 0.4) is 0 Å². The third-order valence-electron chi connectivity index (χ3n) is 5.01. The van der Waals surface area contributed by atoms with Crippen LogP contribution >= 0.6 is 11.8 Å². The maximum atomic E-state index is 12.0. The van der Waals surface area contributed by atoms with E-state index in [1.807, 2.05) is 11.8 Å². The van der Waals surface area contributed by atoms with E-state index in [-0.39, 0.29) is 5.91 Å². The van der Waals surface area contributed by atoms with Gasteiger partial charge < -0.3 is 10.2 Å². The number of piperazine rings is 1. The van der Waals surface area contributed by atoms with E-state index in [1.165, 1.54) is 29.2 Å². The van der Waals surface area contributed by atoms with Gasteiger partial charge in [-0.1, -0.05) is 12.1 Å². The zero-order chi connectivity index (χ0) is 16.8. The van der Waals surface area contributed by atoms with Gasteiger partial charge in [0.2, 0.25) is 5.91 Å². The average molecular weight is 348 g/mol. The second-order valence-corrected chi connectivity index (χ2v) is 8.10. The molecule has 0 aromatic heterocycles. The van der Waals surface area contributed by atoms with Gasteiger partial charge in [-0.05, 0) is 48.5 Å². The van der Waals surface area contributed by atoms with Crippen molar-refractivity contribution in [1.82, 2.24) is 10.2 Å². The molecule has 2 fully saturated rings. The predicted octanol–water partition coefficient (Wildman–Crippen LogP) is 2.38. The molecule has 2 heterocycles. The molecule has 0 radical (unpaired) electrons. The SMILES string of the molecule is Cc1cccc(N2CCN(CCC(=O)NCC3CCSC3)CC2)c1. The lowest BCUT2D eigenvalue weighted by atomic mass is 10.1. The highest BCUT2D eigenvalue weighted by Gasteiger charge is 2.19. The van der Waals surface area contributed by atoms with Crippen molar-refractivity contribution in [2.75, 3.05) is 55.7 Å². The minimum Gasteiger partial charge on any atom is -0.369 e. The molecule has 3 rings (SSSR count). The number of thioether (sulfide) groups is 1. The molecule has 2 saturated heterocycles. The Morgan fingerprint density at radius 3 is 2.83 bits per heavy atom. The van der Waals surface area contributed by atoms with E-state index in [0.717, 1.165) is 39.3 Å². The lowest BCUT2D eigenvalue weighted by molar-refractivity contribution is -0.121. The number of nitrogens with zero attached hydrogens (tertiary/aromatic N) is 2. The Kier molecular flexibility index (Phi) is 6.44. The van der Waals surface area contributed by atoms with Crippen molar-refractivity contribution in [2.24, 2.45) is 5.92 Å². The van der Waals surface area contributed by atoms with Gasteiger partial charge in [0.1, 0.15) is 0 Å². The zero-order valence-electron chi connectivity index (χ0n) is 14.7. The maximum absolute atomic E-state index is 12.0. The summed E-state index contributed by atoms with van der Waals surface area (Å²) in [4.78, 5) is 16.9. The monoisotopic (exact) mass is 347 g/mol. The molecule has 0 saturated carbocycles. The summed E-state index contributed by atoms with van der Waals surface area (Å²) in [6, 6.07) is 8.72. The van der Waals surface area contributed by atoms with E-state index in [0.29, 0.717) is 12.3 Å². The van der Waals surface area contributed by atoms with E-state index in [4.69, 9.17) is 0 Å². The fourth-order valence-electron chi connectivity index (χ4n) is 3.40. The highest BCUT2D eigenvalue weighted by molar-refractivity contribution is 7.99. The van der Waals surface area contributed by atoms with Crippen molar-refractivity contribution in [3.8, 4) is 0 Å². The normalized spacial score (nSPS) is 21.9. The highest BCUT2D eigenvalue weighted by Crippen LogP contribution is 2.22. The summed E-state index contributed by atoms with van der Waals surface area (Å²) in [7, 11) is 0. The van der Waals surface area contributed by atoms with Crippen LogP contribution in [0.5, 0.6) is 0 Å². The van der Waals surface area contributed by atoms with Gasteiger partial charge in [0.15, 0.2) is 0 Å². The number of carbonyl (C=O) groups excluding carboxylic acids is 1. The smallest absolute Gasteiger partial charge is 0.221 e. The van der Waals surface area contributed by atoms with Crippen LogP contribution in [0.2, 0.25) is 0 Å². The molecule has 1 aromatic carbocycles. The second kappa shape index (κ2) is 8.77. The Balaban J connectivity index is 1.34. The fourth-order valence-corrected chi connectivity index (χ4v) is 4.69. The number of rotatable bonds is 6. The fraction of sp³-hybridized carbons (Fsp3) is 0.632. The molecular formula is C19H29N3OS. The first-order valence-corrected chi connectivity index (χ1v) is 10.2. The molecule has 2 aliphatic rings. The van der Waals surface area contributed by atoms with E-state index in [1.54, 1.807) is 0 Å². The van der Waals surface area contributed by atoms with Crippen LogP contribution in [0, 0.1) is 12.8 Å². The molecule has 132 valence electrons. The van der Waals surface area contributed by atoms with Crippen molar-refractivity contribution in [3.63, 3.8) is 0 Å². The minimum absolute atomic E-state index is 0.216. The molecule has 0 spiro atoms. The molecule has 1 unspecified atom stereocenters. The van der Waals surface area contributed by atoms with Gasteiger partial charge in [0.05, 0.1) is 0 Å². The number of hydrogen-bond donors (Lipinski definition) is 1. The van der Waals surface area contributed by atoms with Crippen LogP contribution in [0.4, 0.5) is 5.69 Å². The van der Waals surface area contributed by atoms with Gasteiger partial charge in [-0.2, -0.15) is 11.8 Å². The van der Waals surface area contributed by atoms with Crippen LogP contribution in [0.25, 0.3) is 0 Å². The molecular weight excluding hydrogens is 318 g/mol. The molecule has 0 bridgehead atoms. The number of anilines is 1. The van der Waals surface area contributed by atoms with Crippen LogP contribution in [0.15, 0.2) is 24.3 Å². The topological polar surface area (TPSA) is 35.6 Å². The summed E-state index contributed by atoms with van der Waals surface area (Å²) in [5.74, 6) is 3.37. The van der Waals surface area contributed by atoms with Gasteiger partial charge in [-0.15, -0.1) is 0 Å². The van der Waals surface area contributed by atoms with Crippen molar-refractivity contribution >= 4 is 23.4 Å². The number of hydrogen-bond acceptors (Lipinski definition) is 4. The first-order valence-electron chi connectivity index (χ1n) is 9.09. The molecule has 1 atom stereocenters. The molecule has 24 heavy (non-hydrogen) atoms. The lowest BCUT2D eigenvalue weighted by Gasteiger charge is -2.36. The van der Waals surface area contributed by atoms with Gasteiger partial charge in [0.25, 0.3) is 0 Å². The number of benzene rings is 1. The van der Waals surface area contributed by atoms with E-state index < -0.39 is 0 Å². The average Bonchev–Trinajstić information content (AvgIpc) is 3.12. The Labute approximate surface area is 150 Å². The molecule has 1 amide bonds. The van der Waals surface area contributed by atoms with Gasteiger partial charge in [-0.25, -0.2) is 0 Å². The summed E-state index contributed by atoms with van der Waals surface area (Å²) in [6.07, 6.45) is 1.89.